The first-order chi connectivity index (χ1) is 16.2. The summed E-state index contributed by atoms with van der Waals surface area (Å²) in [5.41, 5.74) is 1.60. The van der Waals surface area contributed by atoms with Crippen LogP contribution in [-0.2, 0) is 22.2 Å². The van der Waals surface area contributed by atoms with E-state index in [0.717, 1.165) is 44.8 Å². The van der Waals surface area contributed by atoms with E-state index in [9.17, 15) is 22.8 Å². The minimum atomic E-state index is -4.60. The van der Waals surface area contributed by atoms with Crippen molar-refractivity contribution in [2.75, 3.05) is 10.2 Å². The molecule has 0 bridgehead atoms. The largest absolute Gasteiger partial charge is 0.416 e. The topological polar surface area (TPSA) is 49.4 Å². The number of benzene rings is 3. The minimum Gasteiger partial charge on any atom is -0.350 e. The smallest absolute Gasteiger partial charge is 0.350 e. The number of thioether (sulfide) groups is 1. The molecule has 1 aliphatic heterocycles. The molecule has 1 N–H and O–H groups in total. The molecule has 2 amide bonds. The van der Waals surface area contributed by atoms with Crippen molar-refractivity contribution in [2.45, 2.75) is 31.3 Å². The number of nitrogens with zero attached hydrogens (tertiary/aromatic N) is 1. The molecule has 0 radical (unpaired) electrons. The summed E-state index contributed by atoms with van der Waals surface area (Å²) in [7, 11) is 0. The van der Waals surface area contributed by atoms with E-state index in [4.69, 9.17) is 0 Å². The third-order valence-corrected chi connectivity index (χ3v) is 6.46. The second-order valence-electron chi connectivity index (χ2n) is 7.75. The summed E-state index contributed by atoms with van der Waals surface area (Å²) in [6.07, 6.45) is -3.91. The van der Waals surface area contributed by atoms with Gasteiger partial charge in [-0.2, -0.15) is 13.2 Å². The number of amides is 2. The number of imide groups is 1. The highest BCUT2D eigenvalue weighted by molar-refractivity contribution is 8.04. The molecule has 3 aromatic carbocycles. The molecule has 0 atom stereocenters. The molecular formula is C26H21F3N2O2S. The normalized spacial score (nSPS) is 14.2. The van der Waals surface area contributed by atoms with Gasteiger partial charge in [-0.15, -0.1) is 0 Å². The van der Waals surface area contributed by atoms with Crippen molar-refractivity contribution in [2.24, 2.45) is 0 Å². The lowest BCUT2D eigenvalue weighted by atomic mass is 10.1. The molecule has 0 spiro atoms. The fourth-order valence-corrected chi connectivity index (χ4v) is 4.51. The molecule has 3 aromatic rings. The second kappa shape index (κ2) is 9.38. The highest BCUT2D eigenvalue weighted by Crippen LogP contribution is 2.39. The fraction of sp³-hybridized carbons (Fsp3) is 0.154. The van der Waals surface area contributed by atoms with Crippen LogP contribution in [0.1, 0.15) is 23.6 Å². The van der Waals surface area contributed by atoms with E-state index in [2.05, 4.69) is 5.32 Å². The highest BCUT2D eigenvalue weighted by atomic mass is 32.2. The van der Waals surface area contributed by atoms with Gasteiger partial charge in [-0.25, -0.2) is 4.90 Å². The molecular weight excluding hydrogens is 461 g/mol. The van der Waals surface area contributed by atoms with Gasteiger partial charge in [0.1, 0.15) is 10.6 Å². The molecule has 0 unspecified atom stereocenters. The van der Waals surface area contributed by atoms with E-state index in [0.29, 0.717) is 12.1 Å². The van der Waals surface area contributed by atoms with E-state index in [-0.39, 0.29) is 16.3 Å². The van der Waals surface area contributed by atoms with Crippen molar-refractivity contribution >= 4 is 35.0 Å². The zero-order valence-electron chi connectivity index (χ0n) is 18.4. The van der Waals surface area contributed by atoms with Gasteiger partial charge in [-0.05, 0) is 55.3 Å². The maximum Gasteiger partial charge on any atom is 0.416 e. The number of nitrogens with one attached hydrogen (secondary N) is 1. The van der Waals surface area contributed by atoms with Crippen LogP contribution < -0.4 is 10.2 Å². The van der Waals surface area contributed by atoms with Gasteiger partial charge in [0.05, 0.1) is 11.3 Å². The number of carbonyl (C=O) groups excluding carboxylic acids is 2. The Morgan fingerprint density at radius 2 is 1.62 bits per heavy atom. The number of hydrogen-bond donors (Lipinski definition) is 1. The summed E-state index contributed by atoms with van der Waals surface area (Å²) >= 11 is 1.10. The minimum absolute atomic E-state index is 0.0360. The van der Waals surface area contributed by atoms with E-state index in [1.54, 1.807) is 12.1 Å². The van der Waals surface area contributed by atoms with Crippen LogP contribution in [0.2, 0.25) is 0 Å². The molecule has 0 saturated heterocycles. The summed E-state index contributed by atoms with van der Waals surface area (Å²) in [5, 5.41) is 3.09. The van der Waals surface area contributed by atoms with Gasteiger partial charge in [0.15, 0.2) is 0 Å². The van der Waals surface area contributed by atoms with Crippen LogP contribution in [0.4, 0.5) is 24.5 Å². The van der Waals surface area contributed by atoms with Gasteiger partial charge in [-0.3, -0.25) is 9.59 Å². The molecule has 0 saturated carbocycles. The molecule has 1 heterocycles. The van der Waals surface area contributed by atoms with Crippen LogP contribution in [0, 0.1) is 6.92 Å². The average molecular weight is 483 g/mol. The summed E-state index contributed by atoms with van der Waals surface area (Å²) < 4.78 is 39.8. The SMILES string of the molecule is CCc1ccccc1NC1=C(Sc2ccc(C)cc2)C(=O)N(c2cccc(C(F)(F)F)c2)C1=O. The highest BCUT2D eigenvalue weighted by Gasteiger charge is 2.41. The number of carbonyl (C=O) groups is 2. The Labute approximate surface area is 199 Å². The van der Waals surface area contributed by atoms with Gasteiger partial charge in [0.2, 0.25) is 0 Å². The Balaban J connectivity index is 1.77. The standard InChI is InChI=1S/C26H21F3N2O2S/c1-3-17-7-4-5-10-21(17)30-22-23(34-20-13-11-16(2)12-14-20)25(33)31(24(22)32)19-9-6-8-18(15-19)26(27,28)29/h4-15,30H,3H2,1-2H3. The van der Waals surface area contributed by atoms with E-state index < -0.39 is 23.6 Å². The van der Waals surface area contributed by atoms with Gasteiger partial charge in [0.25, 0.3) is 11.8 Å². The number of alkyl halides is 3. The second-order valence-corrected chi connectivity index (χ2v) is 8.83. The van der Waals surface area contributed by atoms with Crippen molar-refractivity contribution in [3.63, 3.8) is 0 Å². The van der Waals surface area contributed by atoms with Crippen LogP contribution in [0.15, 0.2) is 88.3 Å². The van der Waals surface area contributed by atoms with Crippen LogP contribution >= 0.6 is 11.8 Å². The van der Waals surface area contributed by atoms with Crippen LogP contribution in [-0.4, -0.2) is 11.8 Å². The van der Waals surface area contributed by atoms with Crippen molar-refractivity contribution in [3.05, 3.63) is 100 Å². The summed E-state index contributed by atoms with van der Waals surface area (Å²) in [6.45, 7) is 3.90. The first kappa shape index (κ1) is 23.6. The molecule has 4 nitrogen and oxygen atoms in total. The maximum atomic E-state index is 13.4. The van der Waals surface area contributed by atoms with Crippen molar-refractivity contribution in [3.8, 4) is 0 Å². The Hall–Kier alpha value is -3.52. The van der Waals surface area contributed by atoms with Gasteiger partial charge in [0, 0.05) is 10.6 Å². The van der Waals surface area contributed by atoms with E-state index >= 15 is 0 Å². The Kier molecular flexibility index (Phi) is 6.52. The van der Waals surface area contributed by atoms with Crippen LogP contribution in [0.3, 0.4) is 0 Å². The van der Waals surface area contributed by atoms with E-state index in [1.165, 1.54) is 12.1 Å². The number of rotatable bonds is 6. The monoisotopic (exact) mass is 482 g/mol. The lowest BCUT2D eigenvalue weighted by Gasteiger charge is -2.17. The number of anilines is 2. The quantitative estimate of drug-likeness (QED) is 0.404. The molecule has 0 aromatic heterocycles. The Bertz CT molecular complexity index is 1280. The molecule has 0 aliphatic carbocycles. The van der Waals surface area contributed by atoms with Crippen LogP contribution in [0.25, 0.3) is 0 Å². The number of hydrogen-bond acceptors (Lipinski definition) is 4. The third kappa shape index (κ3) is 4.72. The summed E-state index contributed by atoms with van der Waals surface area (Å²) in [6, 6.07) is 19.0. The molecule has 1 aliphatic rings. The average Bonchev–Trinajstić information content (AvgIpc) is 3.04. The maximum absolute atomic E-state index is 13.4. The predicted molar refractivity (Wildman–Crippen MR) is 127 cm³/mol. The summed E-state index contributed by atoms with van der Waals surface area (Å²) in [5.74, 6) is -1.38. The molecule has 34 heavy (non-hydrogen) atoms. The number of para-hydroxylation sites is 1. The molecule has 0 fully saturated rings. The van der Waals surface area contributed by atoms with Gasteiger partial charge >= 0.3 is 6.18 Å². The third-order valence-electron chi connectivity index (χ3n) is 5.37. The number of halogens is 3. The molecule has 8 heteroatoms. The van der Waals surface area contributed by atoms with Crippen molar-refractivity contribution in [1.29, 1.82) is 0 Å². The van der Waals surface area contributed by atoms with Gasteiger partial charge < -0.3 is 5.32 Å². The van der Waals surface area contributed by atoms with Crippen molar-refractivity contribution < 1.29 is 22.8 Å². The number of aryl methyl sites for hydroxylation is 2. The Morgan fingerprint density at radius 3 is 2.29 bits per heavy atom. The van der Waals surface area contributed by atoms with Crippen molar-refractivity contribution in [1.82, 2.24) is 0 Å². The zero-order valence-corrected chi connectivity index (χ0v) is 19.3. The first-order valence-corrected chi connectivity index (χ1v) is 11.4. The zero-order chi connectivity index (χ0) is 24.5. The predicted octanol–water partition coefficient (Wildman–Crippen LogP) is 6.57. The lowest BCUT2D eigenvalue weighted by Crippen LogP contribution is -2.32. The summed E-state index contributed by atoms with van der Waals surface area (Å²) in [4.78, 5) is 28.5. The lowest BCUT2D eigenvalue weighted by molar-refractivity contribution is -0.137. The Morgan fingerprint density at radius 1 is 0.912 bits per heavy atom. The van der Waals surface area contributed by atoms with Gasteiger partial charge in [-0.1, -0.05) is 60.6 Å². The molecule has 4 rings (SSSR count). The molecule has 174 valence electrons. The van der Waals surface area contributed by atoms with E-state index in [1.807, 2.05) is 50.2 Å². The first-order valence-electron chi connectivity index (χ1n) is 10.6. The van der Waals surface area contributed by atoms with Crippen LogP contribution in [0.5, 0.6) is 0 Å². The fourth-order valence-electron chi connectivity index (χ4n) is 3.58.